The van der Waals surface area contributed by atoms with Crippen LogP contribution in [0.15, 0.2) is 28.7 Å². The van der Waals surface area contributed by atoms with E-state index in [-0.39, 0.29) is 5.92 Å². The van der Waals surface area contributed by atoms with Gasteiger partial charge in [0, 0.05) is 27.7 Å². The van der Waals surface area contributed by atoms with Crippen molar-refractivity contribution in [2.24, 2.45) is 5.92 Å². The zero-order valence-corrected chi connectivity index (χ0v) is 12.8. The van der Waals surface area contributed by atoms with Crippen molar-refractivity contribution in [3.8, 4) is 0 Å². The average Bonchev–Trinajstić information content (AvgIpc) is 2.31. The van der Waals surface area contributed by atoms with E-state index in [0.29, 0.717) is 26.1 Å². The highest BCUT2D eigenvalue weighted by Crippen LogP contribution is 2.28. The molecule has 0 aliphatic carbocycles. The molecule has 0 aromatic heterocycles. The van der Waals surface area contributed by atoms with Gasteiger partial charge in [-0.3, -0.25) is 0 Å². The van der Waals surface area contributed by atoms with Crippen molar-refractivity contribution in [3.63, 3.8) is 0 Å². The maximum Gasteiger partial charge on any atom is 0.235 e. The van der Waals surface area contributed by atoms with Crippen LogP contribution in [0.3, 0.4) is 0 Å². The molecule has 1 aliphatic heterocycles. The first-order valence-corrected chi connectivity index (χ1v) is 8.89. The Bertz CT molecular complexity index is 501. The van der Waals surface area contributed by atoms with Crippen LogP contribution in [0.25, 0.3) is 0 Å². The van der Waals surface area contributed by atoms with E-state index >= 15 is 0 Å². The highest BCUT2D eigenvalue weighted by atomic mass is 79.9. The molecule has 0 amide bonds. The van der Waals surface area contributed by atoms with E-state index in [1.807, 2.05) is 24.3 Å². The molecule has 1 aliphatic rings. The Labute approximate surface area is 120 Å². The van der Waals surface area contributed by atoms with E-state index < -0.39 is 14.3 Å². The third-order valence-corrected chi connectivity index (χ3v) is 5.74. The molecule has 1 heterocycles. The van der Waals surface area contributed by atoms with E-state index in [4.69, 9.17) is 15.4 Å². The first kappa shape index (κ1) is 14.3. The van der Waals surface area contributed by atoms with Gasteiger partial charge in [0.05, 0.1) is 11.9 Å². The van der Waals surface area contributed by atoms with Gasteiger partial charge in [-0.25, -0.2) is 8.42 Å². The molecule has 0 bridgehead atoms. The SMILES string of the molecule is O=S(=O)(Cl)[C@H]1CCOC[C@H]1Cc1ccc(Br)cc1. The van der Waals surface area contributed by atoms with Gasteiger partial charge in [-0.1, -0.05) is 28.1 Å². The van der Waals surface area contributed by atoms with Gasteiger partial charge >= 0.3 is 0 Å². The lowest BCUT2D eigenvalue weighted by Crippen LogP contribution is -2.37. The lowest BCUT2D eigenvalue weighted by molar-refractivity contribution is 0.0577. The van der Waals surface area contributed by atoms with E-state index in [0.717, 1.165) is 10.0 Å². The fraction of sp³-hybridized carbons (Fsp3) is 0.500. The Morgan fingerprint density at radius 3 is 2.61 bits per heavy atom. The third-order valence-electron chi connectivity index (χ3n) is 3.18. The summed E-state index contributed by atoms with van der Waals surface area (Å²) in [5.74, 6) is -0.0672. The third kappa shape index (κ3) is 3.70. The van der Waals surface area contributed by atoms with Gasteiger partial charge in [-0.15, -0.1) is 0 Å². The minimum atomic E-state index is -3.52. The number of ether oxygens (including phenoxy) is 1. The van der Waals surface area contributed by atoms with Crippen molar-refractivity contribution in [1.29, 1.82) is 0 Å². The quantitative estimate of drug-likeness (QED) is 0.785. The predicted molar refractivity (Wildman–Crippen MR) is 75.3 cm³/mol. The molecule has 1 aromatic rings. The molecule has 0 spiro atoms. The molecular weight excluding hydrogens is 340 g/mol. The van der Waals surface area contributed by atoms with Crippen molar-refractivity contribution in [2.75, 3.05) is 13.2 Å². The summed E-state index contributed by atoms with van der Waals surface area (Å²) in [6, 6.07) is 7.86. The number of hydrogen-bond acceptors (Lipinski definition) is 3. The van der Waals surface area contributed by atoms with Gasteiger partial charge in [0.15, 0.2) is 0 Å². The molecule has 0 radical (unpaired) electrons. The number of benzene rings is 1. The van der Waals surface area contributed by atoms with Crippen molar-refractivity contribution >= 4 is 35.7 Å². The molecular formula is C12H14BrClO3S. The monoisotopic (exact) mass is 352 g/mol. The summed E-state index contributed by atoms with van der Waals surface area (Å²) >= 11 is 3.37. The van der Waals surface area contributed by atoms with Gasteiger partial charge in [-0.2, -0.15) is 0 Å². The Balaban J connectivity index is 2.13. The Hall–Kier alpha value is -0.100. The maximum atomic E-state index is 11.5. The van der Waals surface area contributed by atoms with Gasteiger partial charge in [-0.05, 0) is 30.5 Å². The Morgan fingerprint density at radius 1 is 1.33 bits per heavy atom. The van der Waals surface area contributed by atoms with Gasteiger partial charge in [0.2, 0.25) is 9.05 Å². The summed E-state index contributed by atoms with van der Waals surface area (Å²) < 4.78 is 29.5. The molecule has 3 nitrogen and oxygen atoms in total. The predicted octanol–water partition coefficient (Wildman–Crippen LogP) is 2.97. The molecule has 0 N–H and O–H groups in total. The largest absolute Gasteiger partial charge is 0.381 e. The van der Waals surface area contributed by atoms with E-state index in [9.17, 15) is 8.42 Å². The maximum absolute atomic E-state index is 11.5. The number of rotatable bonds is 3. The van der Waals surface area contributed by atoms with Crippen LogP contribution in [0.1, 0.15) is 12.0 Å². The first-order valence-electron chi connectivity index (χ1n) is 5.72. The first-order chi connectivity index (χ1) is 8.47. The van der Waals surface area contributed by atoms with Crippen molar-refractivity contribution in [1.82, 2.24) is 0 Å². The summed E-state index contributed by atoms with van der Waals surface area (Å²) in [5.41, 5.74) is 1.10. The second-order valence-corrected chi connectivity index (χ2v) is 8.23. The fourth-order valence-electron chi connectivity index (χ4n) is 2.26. The molecule has 0 saturated carbocycles. The zero-order chi connectivity index (χ0) is 13.2. The second-order valence-electron chi connectivity index (χ2n) is 4.47. The van der Waals surface area contributed by atoms with Crippen molar-refractivity contribution < 1.29 is 13.2 Å². The topological polar surface area (TPSA) is 43.4 Å². The molecule has 100 valence electrons. The lowest BCUT2D eigenvalue weighted by atomic mass is 9.94. The minimum absolute atomic E-state index is 0.0672. The van der Waals surface area contributed by atoms with Gasteiger partial charge in [0.1, 0.15) is 0 Å². The van der Waals surface area contributed by atoms with Gasteiger partial charge in [0.25, 0.3) is 0 Å². The highest BCUT2D eigenvalue weighted by molar-refractivity contribution is 9.10. The van der Waals surface area contributed by atoms with Gasteiger partial charge < -0.3 is 4.74 Å². The Kier molecular flexibility index (Phi) is 4.69. The normalized spacial score (nSPS) is 25.0. The van der Waals surface area contributed by atoms with E-state index in [1.165, 1.54) is 0 Å². The van der Waals surface area contributed by atoms with E-state index in [2.05, 4.69) is 15.9 Å². The van der Waals surface area contributed by atoms with Crippen LogP contribution in [0.5, 0.6) is 0 Å². The number of hydrogen-bond donors (Lipinski definition) is 0. The summed E-state index contributed by atoms with van der Waals surface area (Å²) in [7, 11) is 1.99. The van der Waals surface area contributed by atoms with Crippen LogP contribution in [-0.4, -0.2) is 26.9 Å². The zero-order valence-electron chi connectivity index (χ0n) is 9.68. The summed E-state index contributed by atoms with van der Waals surface area (Å²) in [5, 5.41) is -0.503. The molecule has 2 rings (SSSR count). The molecule has 6 heteroatoms. The summed E-state index contributed by atoms with van der Waals surface area (Å²) in [6.45, 7) is 0.917. The molecule has 2 atom stereocenters. The van der Waals surface area contributed by atoms with E-state index in [1.54, 1.807) is 0 Å². The minimum Gasteiger partial charge on any atom is -0.381 e. The lowest BCUT2D eigenvalue weighted by Gasteiger charge is -2.29. The van der Waals surface area contributed by atoms with Crippen LogP contribution in [0, 0.1) is 5.92 Å². The van der Waals surface area contributed by atoms with Crippen LogP contribution in [0.2, 0.25) is 0 Å². The summed E-state index contributed by atoms with van der Waals surface area (Å²) in [4.78, 5) is 0. The molecule has 1 aromatic carbocycles. The van der Waals surface area contributed by atoms with Crippen molar-refractivity contribution in [2.45, 2.75) is 18.1 Å². The van der Waals surface area contributed by atoms with Crippen LogP contribution in [-0.2, 0) is 20.2 Å². The second kappa shape index (κ2) is 5.90. The smallest absolute Gasteiger partial charge is 0.235 e. The van der Waals surface area contributed by atoms with Crippen LogP contribution in [0.4, 0.5) is 0 Å². The standard InChI is InChI=1S/C12H14BrClO3S/c13-11-3-1-9(2-4-11)7-10-8-17-6-5-12(10)18(14,15)16/h1-4,10,12H,5-8H2/t10-,12+/m1/s1. The molecule has 0 unspecified atom stereocenters. The van der Waals surface area contributed by atoms with Crippen LogP contribution >= 0.6 is 26.6 Å². The van der Waals surface area contributed by atoms with Crippen LogP contribution < -0.4 is 0 Å². The molecule has 18 heavy (non-hydrogen) atoms. The number of halogens is 2. The molecule has 1 fully saturated rings. The average molecular weight is 354 g/mol. The molecule has 1 saturated heterocycles. The fourth-order valence-corrected chi connectivity index (χ4v) is 4.24. The Morgan fingerprint density at radius 2 is 2.00 bits per heavy atom. The van der Waals surface area contributed by atoms with Crippen molar-refractivity contribution in [3.05, 3.63) is 34.3 Å². The summed E-state index contributed by atoms with van der Waals surface area (Å²) in [6.07, 6.45) is 1.15. The highest BCUT2D eigenvalue weighted by Gasteiger charge is 2.34.